The Hall–Kier alpha value is -3.07. The lowest BCUT2D eigenvalue weighted by molar-refractivity contribution is 0.414. The quantitative estimate of drug-likeness (QED) is 0.787. The number of H-pyrrole nitrogens is 1. The second-order valence-corrected chi connectivity index (χ2v) is 4.05. The maximum absolute atomic E-state index is 8.78. The lowest BCUT2D eigenvalue weighted by atomic mass is 10.2. The fourth-order valence-electron chi connectivity index (χ4n) is 1.80. The number of nitrogens with zero attached hydrogens (tertiary/aromatic N) is 3. The van der Waals surface area contributed by atoms with Crippen molar-refractivity contribution in [2.75, 3.05) is 7.11 Å². The minimum absolute atomic E-state index is 0.337. The Kier molecular flexibility index (Phi) is 2.94. The van der Waals surface area contributed by atoms with E-state index in [2.05, 4.69) is 15.1 Å². The van der Waals surface area contributed by atoms with Gasteiger partial charge in [-0.2, -0.15) is 10.2 Å². The fourth-order valence-corrected chi connectivity index (χ4v) is 1.80. The first-order valence-electron chi connectivity index (χ1n) is 5.88. The number of hydrogen-bond donors (Lipinski definition) is 1. The Morgan fingerprint density at radius 2 is 2.20 bits per heavy atom. The van der Waals surface area contributed by atoms with Crippen molar-refractivity contribution in [2.24, 2.45) is 0 Å². The Morgan fingerprint density at radius 1 is 1.30 bits per heavy atom. The molecule has 0 fully saturated rings. The summed E-state index contributed by atoms with van der Waals surface area (Å²) < 4.78 is 10.4. The molecule has 0 aliphatic carbocycles. The first-order chi connectivity index (χ1) is 9.80. The summed E-state index contributed by atoms with van der Waals surface area (Å²) in [5.74, 6) is 1.52. The highest BCUT2D eigenvalue weighted by molar-refractivity contribution is 5.60. The van der Waals surface area contributed by atoms with Crippen LogP contribution in [0.25, 0.3) is 23.0 Å². The smallest absolute Gasteiger partial charge is 0.274 e. The van der Waals surface area contributed by atoms with Gasteiger partial charge in [0.15, 0.2) is 0 Å². The summed E-state index contributed by atoms with van der Waals surface area (Å²) >= 11 is 0. The van der Waals surface area contributed by atoms with E-state index in [-0.39, 0.29) is 0 Å². The largest absolute Gasteiger partial charge is 0.497 e. The van der Waals surface area contributed by atoms with Crippen LogP contribution in [-0.4, -0.2) is 22.2 Å². The summed E-state index contributed by atoms with van der Waals surface area (Å²) in [7, 11) is 1.60. The number of methoxy groups -OCH3 is 1. The van der Waals surface area contributed by atoms with Crippen LogP contribution in [0.15, 0.2) is 40.9 Å². The van der Waals surface area contributed by atoms with Crippen LogP contribution in [0, 0.1) is 11.3 Å². The van der Waals surface area contributed by atoms with E-state index in [9.17, 15) is 0 Å². The third-order valence-corrected chi connectivity index (χ3v) is 2.79. The highest BCUT2D eigenvalue weighted by Gasteiger charge is 2.12. The molecule has 2 aromatic heterocycles. The molecule has 0 bridgehead atoms. The average molecular weight is 266 g/mol. The van der Waals surface area contributed by atoms with Crippen LogP contribution in [0.3, 0.4) is 0 Å². The molecule has 0 radical (unpaired) electrons. The molecular formula is C14H10N4O2. The third-order valence-electron chi connectivity index (χ3n) is 2.79. The molecule has 0 aliphatic rings. The Morgan fingerprint density at radius 3 is 2.95 bits per heavy atom. The molecule has 3 aromatic rings. The Bertz CT molecular complexity index is 782. The number of nitrogens with one attached hydrogen (secondary N) is 1. The van der Waals surface area contributed by atoms with E-state index in [1.165, 1.54) is 0 Å². The lowest BCUT2D eigenvalue weighted by Gasteiger charge is -1.99. The third kappa shape index (κ3) is 2.12. The molecule has 0 aliphatic heterocycles. The Balaban J connectivity index is 1.95. The summed E-state index contributed by atoms with van der Waals surface area (Å²) in [4.78, 5) is 7.18. The van der Waals surface area contributed by atoms with Crippen molar-refractivity contribution in [2.45, 2.75) is 0 Å². The molecule has 0 saturated heterocycles. The molecule has 0 spiro atoms. The van der Waals surface area contributed by atoms with Crippen molar-refractivity contribution in [1.82, 2.24) is 15.1 Å². The molecule has 0 amide bonds. The zero-order chi connectivity index (χ0) is 13.9. The van der Waals surface area contributed by atoms with Gasteiger partial charge in [-0.05, 0) is 24.3 Å². The normalized spacial score (nSPS) is 10.2. The summed E-state index contributed by atoms with van der Waals surface area (Å²) in [5, 5.41) is 12.7. The van der Waals surface area contributed by atoms with Gasteiger partial charge in [0.25, 0.3) is 5.89 Å². The van der Waals surface area contributed by atoms with E-state index in [0.29, 0.717) is 23.1 Å². The fraction of sp³-hybridized carbons (Fsp3) is 0.0714. The SMILES string of the molecule is COc1cccc(-c2noc(-c3ccc(C#N)[nH]3)n2)c1. The number of aromatic nitrogens is 3. The van der Waals surface area contributed by atoms with E-state index in [1.807, 2.05) is 30.3 Å². The summed E-state index contributed by atoms with van der Waals surface area (Å²) in [6.07, 6.45) is 0. The molecule has 0 atom stereocenters. The van der Waals surface area contributed by atoms with E-state index in [0.717, 1.165) is 11.3 Å². The Labute approximate surface area is 114 Å². The number of nitriles is 1. The van der Waals surface area contributed by atoms with Crippen molar-refractivity contribution in [3.8, 4) is 34.8 Å². The molecule has 20 heavy (non-hydrogen) atoms. The van der Waals surface area contributed by atoms with Crippen molar-refractivity contribution < 1.29 is 9.26 Å². The predicted octanol–water partition coefficient (Wildman–Crippen LogP) is 2.61. The van der Waals surface area contributed by atoms with Gasteiger partial charge in [-0.1, -0.05) is 17.3 Å². The van der Waals surface area contributed by atoms with Crippen LogP contribution in [0.5, 0.6) is 5.75 Å². The molecule has 2 heterocycles. The molecule has 0 saturated carbocycles. The first-order valence-corrected chi connectivity index (χ1v) is 5.88. The number of aromatic amines is 1. The molecular weight excluding hydrogens is 256 g/mol. The molecule has 6 heteroatoms. The van der Waals surface area contributed by atoms with E-state index >= 15 is 0 Å². The van der Waals surface area contributed by atoms with Crippen LogP contribution >= 0.6 is 0 Å². The minimum Gasteiger partial charge on any atom is -0.497 e. The highest BCUT2D eigenvalue weighted by Crippen LogP contribution is 2.24. The van der Waals surface area contributed by atoms with Crippen molar-refractivity contribution in [3.63, 3.8) is 0 Å². The van der Waals surface area contributed by atoms with Gasteiger partial charge in [-0.25, -0.2) is 0 Å². The number of benzene rings is 1. The topological polar surface area (TPSA) is 87.7 Å². The van der Waals surface area contributed by atoms with Gasteiger partial charge in [0.2, 0.25) is 5.82 Å². The van der Waals surface area contributed by atoms with Crippen LogP contribution in [0.1, 0.15) is 5.69 Å². The van der Waals surface area contributed by atoms with Crippen LogP contribution < -0.4 is 4.74 Å². The number of rotatable bonds is 3. The summed E-state index contributed by atoms with van der Waals surface area (Å²) in [6, 6.07) is 12.8. The van der Waals surface area contributed by atoms with Crippen LogP contribution in [0.2, 0.25) is 0 Å². The molecule has 3 rings (SSSR count). The molecule has 1 N–H and O–H groups in total. The first kappa shape index (κ1) is 12.0. The summed E-state index contributed by atoms with van der Waals surface area (Å²) in [5.41, 5.74) is 1.86. The zero-order valence-electron chi connectivity index (χ0n) is 10.6. The van der Waals surface area contributed by atoms with Crippen molar-refractivity contribution in [3.05, 3.63) is 42.1 Å². The van der Waals surface area contributed by atoms with E-state index in [4.69, 9.17) is 14.5 Å². The van der Waals surface area contributed by atoms with Crippen molar-refractivity contribution in [1.29, 1.82) is 5.26 Å². The molecule has 0 unspecified atom stereocenters. The molecule has 1 aromatic carbocycles. The average Bonchev–Trinajstić information content (AvgIpc) is 3.15. The summed E-state index contributed by atoms with van der Waals surface area (Å²) in [6.45, 7) is 0. The van der Waals surface area contributed by atoms with Crippen molar-refractivity contribution >= 4 is 0 Å². The minimum atomic E-state index is 0.337. The van der Waals surface area contributed by atoms with Gasteiger partial charge >= 0.3 is 0 Å². The van der Waals surface area contributed by atoms with Gasteiger partial charge in [0, 0.05) is 5.56 Å². The van der Waals surface area contributed by atoms with Gasteiger partial charge in [0.05, 0.1) is 7.11 Å². The van der Waals surface area contributed by atoms with Gasteiger partial charge in [0.1, 0.15) is 23.2 Å². The van der Waals surface area contributed by atoms with E-state index < -0.39 is 0 Å². The zero-order valence-corrected chi connectivity index (χ0v) is 10.6. The number of ether oxygens (including phenoxy) is 1. The highest BCUT2D eigenvalue weighted by atomic mass is 16.5. The van der Waals surface area contributed by atoms with Crippen LogP contribution in [0.4, 0.5) is 0 Å². The number of hydrogen-bond acceptors (Lipinski definition) is 5. The molecule has 6 nitrogen and oxygen atoms in total. The second kappa shape index (κ2) is 4.90. The molecule has 98 valence electrons. The van der Waals surface area contributed by atoms with Crippen LogP contribution in [-0.2, 0) is 0 Å². The maximum atomic E-state index is 8.78. The van der Waals surface area contributed by atoms with Gasteiger partial charge in [-0.3, -0.25) is 0 Å². The van der Waals surface area contributed by atoms with Gasteiger partial charge < -0.3 is 14.2 Å². The maximum Gasteiger partial charge on any atom is 0.274 e. The predicted molar refractivity (Wildman–Crippen MR) is 70.8 cm³/mol. The second-order valence-electron chi connectivity index (χ2n) is 4.05. The van der Waals surface area contributed by atoms with E-state index in [1.54, 1.807) is 19.2 Å². The monoisotopic (exact) mass is 266 g/mol. The standard InChI is InChI=1S/C14H10N4O2/c1-19-11-4-2-3-9(7-11)13-17-14(20-18-13)12-6-5-10(8-15)16-12/h2-7,16H,1H3. The lowest BCUT2D eigenvalue weighted by Crippen LogP contribution is -1.85. The van der Waals surface area contributed by atoms with Gasteiger partial charge in [-0.15, -0.1) is 0 Å².